The van der Waals surface area contributed by atoms with Gasteiger partial charge in [-0.1, -0.05) is 20.8 Å². The molecule has 0 unspecified atom stereocenters. The van der Waals surface area contributed by atoms with Crippen molar-refractivity contribution in [2.45, 2.75) is 33.4 Å². The maximum Gasteiger partial charge on any atom is 0.416 e. The largest absolute Gasteiger partial charge is 0.416 e. The number of hydrogen-bond donors (Lipinski definition) is 0. The Morgan fingerprint density at radius 1 is 1.12 bits per heavy atom. The van der Waals surface area contributed by atoms with E-state index in [-0.39, 0.29) is 11.5 Å². The number of rotatable bonds is 1. The number of alkyl halides is 3. The van der Waals surface area contributed by atoms with Crippen molar-refractivity contribution in [2.75, 3.05) is 31.1 Å². The Labute approximate surface area is 145 Å². The van der Waals surface area contributed by atoms with E-state index in [1.54, 1.807) is 4.90 Å². The Morgan fingerprint density at radius 3 is 2.36 bits per heavy atom. The fourth-order valence-electron chi connectivity index (χ4n) is 2.91. The van der Waals surface area contributed by atoms with Crippen LogP contribution < -0.4 is 4.90 Å². The van der Waals surface area contributed by atoms with Gasteiger partial charge in [-0.25, -0.2) is 0 Å². The summed E-state index contributed by atoms with van der Waals surface area (Å²) in [5.74, 6) is 0.0577. The van der Waals surface area contributed by atoms with Crippen molar-refractivity contribution in [2.24, 2.45) is 5.41 Å². The van der Waals surface area contributed by atoms with Gasteiger partial charge in [-0.15, -0.1) is 0 Å². The van der Waals surface area contributed by atoms with Crippen LogP contribution in [-0.2, 0) is 11.0 Å². The van der Waals surface area contributed by atoms with Crippen LogP contribution >= 0.6 is 0 Å². The number of halogens is 3. The third-order valence-electron chi connectivity index (χ3n) is 4.21. The highest BCUT2D eigenvalue weighted by atomic mass is 19.4. The van der Waals surface area contributed by atoms with E-state index < -0.39 is 17.2 Å². The number of amides is 1. The van der Waals surface area contributed by atoms with Crippen molar-refractivity contribution in [3.05, 3.63) is 29.3 Å². The molecule has 1 aliphatic rings. The maximum atomic E-state index is 12.8. The quantitative estimate of drug-likeness (QED) is 0.774. The predicted molar refractivity (Wildman–Crippen MR) is 89.0 cm³/mol. The predicted octanol–water partition coefficient (Wildman–Crippen LogP) is 3.66. The number of carbonyl (C=O) groups excluding carboxylic acids is 1. The molecule has 1 aliphatic heterocycles. The number of nitriles is 1. The molecule has 1 aromatic rings. The fourth-order valence-corrected chi connectivity index (χ4v) is 2.91. The minimum Gasteiger partial charge on any atom is -0.369 e. The molecule has 0 spiro atoms. The number of nitrogens with zero attached hydrogens (tertiary/aromatic N) is 3. The maximum absolute atomic E-state index is 12.8. The summed E-state index contributed by atoms with van der Waals surface area (Å²) in [5.41, 5.74) is -0.806. The average molecular weight is 353 g/mol. The van der Waals surface area contributed by atoms with Gasteiger partial charge in [0.15, 0.2) is 0 Å². The van der Waals surface area contributed by atoms with E-state index >= 15 is 0 Å². The van der Waals surface area contributed by atoms with Gasteiger partial charge in [0.1, 0.15) is 6.07 Å². The summed E-state index contributed by atoms with van der Waals surface area (Å²) < 4.78 is 38.5. The van der Waals surface area contributed by atoms with Gasteiger partial charge >= 0.3 is 6.18 Å². The molecule has 0 radical (unpaired) electrons. The fraction of sp³-hybridized carbons (Fsp3) is 0.556. The van der Waals surface area contributed by atoms with Crippen LogP contribution in [0.2, 0.25) is 0 Å². The minimum absolute atomic E-state index is 0.00502. The molecule has 1 amide bonds. The Hall–Kier alpha value is -2.23. The second kappa shape index (κ2) is 6.95. The molecule has 0 saturated carbocycles. The standard InChI is InChI=1S/C18H22F3N3O/c1-17(2,3)16(25)24-8-4-7-23(9-10-24)15-6-5-14(18(19,20)21)11-13(15)12-22/h5-6,11H,4,7-10H2,1-3H3. The van der Waals surface area contributed by atoms with Gasteiger partial charge in [-0.05, 0) is 24.6 Å². The van der Waals surface area contributed by atoms with E-state index in [1.165, 1.54) is 6.07 Å². The van der Waals surface area contributed by atoms with Gasteiger partial charge in [0.2, 0.25) is 5.91 Å². The van der Waals surface area contributed by atoms with E-state index in [4.69, 9.17) is 0 Å². The van der Waals surface area contributed by atoms with Crippen molar-refractivity contribution in [1.82, 2.24) is 4.90 Å². The zero-order valence-electron chi connectivity index (χ0n) is 14.7. The summed E-state index contributed by atoms with van der Waals surface area (Å²) in [7, 11) is 0. The van der Waals surface area contributed by atoms with Crippen molar-refractivity contribution < 1.29 is 18.0 Å². The summed E-state index contributed by atoms with van der Waals surface area (Å²) in [5, 5.41) is 9.25. The van der Waals surface area contributed by atoms with Crippen LogP contribution in [0.4, 0.5) is 18.9 Å². The molecule has 4 nitrogen and oxygen atoms in total. The molecule has 1 heterocycles. The summed E-state index contributed by atoms with van der Waals surface area (Å²) in [6.07, 6.45) is -3.77. The second-order valence-corrected chi connectivity index (χ2v) is 7.22. The third-order valence-corrected chi connectivity index (χ3v) is 4.21. The first-order valence-corrected chi connectivity index (χ1v) is 8.19. The molecule has 25 heavy (non-hydrogen) atoms. The number of benzene rings is 1. The topological polar surface area (TPSA) is 47.3 Å². The Balaban J connectivity index is 2.21. The second-order valence-electron chi connectivity index (χ2n) is 7.22. The van der Waals surface area contributed by atoms with E-state index in [1.807, 2.05) is 31.7 Å². The first-order valence-electron chi connectivity index (χ1n) is 8.19. The smallest absolute Gasteiger partial charge is 0.369 e. The molecular weight excluding hydrogens is 331 g/mol. The van der Waals surface area contributed by atoms with Gasteiger partial charge in [-0.3, -0.25) is 4.79 Å². The summed E-state index contributed by atoms with van der Waals surface area (Å²) in [4.78, 5) is 16.1. The van der Waals surface area contributed by atoms with Crippen LogP contribution in [0.15, 0.2) is 18.2 Å². The molecule has 0 atom stereocenters. The van der Waals surface area contributed by atoms with Crippen LogP contribution in [0.3, 0.4) is 0 Å². The van der Waals surface area contributed by atoms with Crippen LogP contribution in [0.5, 0.6) is 0 Å². The highest BCUT2D eigenvalue weighted by molar-refractivity contribution is 5.81. The average Bonchev–Trinajstić information content (AvgIpc) is 2.77. The summed E-state index contributed by atoms with van der Waals surface area (Å²) >= 11 is 0. The first kappa shape index (κ1) is 19.1. The lowest BCUT2D eigenvalue weighted by Crippen LogP contribution is -2.41. The first-order chi connectivity index (χ1) is 11.5. The van der Waals surface area contributed by atoms with Crippen LogP contribution in [0.1, 0.15) is 38.3 Å². The van der Waals surface area contributed by atoms with E-state index in [9.17, 15) is 23.2 Å². The van der Waals surface area contributed by atoms with Crippen LogP contribution in [0.25, 0.3) is 0 Å². The number of carbonyl (C=O) groups is 1. The zero-order valence-corrected chi connectivity index (χ0v) is 14.7. The van der Waals surface area contributed by atoms with Crippen molar-refractivity contribution >= 4 is 11.6 Å². The molecule has 136 valence electrons. The molecular formula is C18H22F3N3O. The summed E-state index contributed by atoms with van der Waals surface area (Å²) in [6.45, 7) is 7.76. The highest BCUT2D eigenvalue weighted by Crippen LogP contribution is 2.33. The third kappa shape index (κ3) is 4.44. The molecule has 1 fully saturated rings. The van der Waals surface area contributed by atoms with Crippen LogP contribution in [-0.4, -0.2) is 37.0 Å². The summed E-state index contributed by atoms with van der Waals surface area (Å²) in [6, 6.07) is 5.10. The molecule has 0 aromatic heterocycles. The molecule has 1 aromatic carbocycles. The zero-order chi connectivity index (χ0) is 18.8. The normalized spacial score (nSPS) is 16.4. The minimum atomic E-state index is -4.47. The molecule has 7 heteroatoms. The monoisotopic (exact) mass is 353 g/mol. The van der Waals surface area contributed by atoms with Crippen molar-refractivity contribution in [1.29, 1.82) is 5.26 Å². The lowest BCUT2D eigenvalue weighted by molar-refractivity contribution is -0.139. The van der Waals surface area contributed by atoms with E-state index in [0.29, 0.717) is 38.3 Å². The Kier molecular flexibility index (Phi) is 5.31. The highest BCUT2D eigenvalue weighted by Gasteiger charge is 2.32. The van der Waals surface area contributed by atoms with Gasteiger partial charge < -0.3 is 9.80 Å². The molecule has 0 N–H and O–H groups in total. The number of hydrogen-bond acceptors (Lipinski definition) is 3. The van der Waals surface area contributed by atoms with Crippen molar-refractivity contribution in [3.8, 4) is 6.07 Å². The van der Waals surface area contributed by atoms with Gasteiger partial charge in [0.25, 0.3) is 0 Å². The lowest BCUT2D eigenvalue weighted by Gasteiger charge is -2.29. The lowest BCUT2D eigenvalue weighted by atomic mass is 9.94. The number of anilines is 1. The Morgan fingerprint density at radius 2 is 1.80 bits per heavy atom. The Bertz CT molecular complexity index is 686. The van der Waals surface area contributed by atoms with Gasteiger partial charge in [-0.2, -0.15) is 18.4 Å². The van der Waals surface area contributed by atoms with Gasteiger partial charge in [0.05, 0.1) is 16.8 Å². The van der Waals surface area contributed by atoms with Crippen LogP contribution in [0, 0.1) is 16.7 Å². The van der Waals surface area contributed by atoms with Gasteiger partial charge in [0, 0.05) is 31.6 Å². The molecule has 0 bridgehead atoms. The molecule has 0 aliphatic carbocycles. The van der Waals surface area contributed by atoms with E-state index in [0.717, 1.165) is 12.1 Å². The molecule has 1 saturated heterocycles. The van der Waals surface area contributed by atoms with E-state index in [2.05, 4.69) is 0 Å². The molecule has 2 rings (SSSR count). The SMILES string of the molecule is CC(C)(C)C(=O)N1CCCN(c2ccc(C(F)(F)F)cc2C#N)CC1. The van der Waals surface area contributed by atoms with Crippen molar-refractivity contribution in [3.63, 3.8) is 0 Å².